The highest BCUT2D eigenvalue weighted by Gasteiger charge is 2.43. The quantitative estimate of drug-likeness (QED) is 0.754. The molecule has 2 rings (SSSR count). The zero-order chi connectivity index (χ0) is 13.7. The Morgan fingerprint density at radius 3 is 2.39 bits per heavy atom. The predicted octanol–water partition coefficient (Wildman–Crippen LogP) is 2.27. The molecule has 1 aromatic rings. The molecule has 0 unspecified atom stereocenters. The molecule has 0 radical (unpaired) electrons. The second kappa shape index (κ2) is 3.86. The molecule has 1 aliphatic heterocycles. The van der Waals surface area contributed by atoms with Crippen LogP contribution in [0.5, 0.6) is 5.75 Å². The van der Waals surface area contributed by atoms with Crippen LogP contribution in [-0.2, 0) is 6.18 Å². The van der Waals surface area contributed by atoms with Gasteiger partial charge in [0.1, 0.15) is 23.6 Å². The van der Waals surface area contributed by atoms with Crippen molar-refractivity contribution in [1.29, 1.82) is 0 Å². The van der Waals surface area contributed by atoms with Crippen LogP contribution >= 0.6 is 0 Å². The van der Waals surface area contributed by atoms with E-state index in [-0.39, 0.29) is 11.3 Å². The lowest BCUT2D eigenvalue weighted by molar-refractivity contribution is -0.138. The van der Waals surface area contributed by atoms with Crippen LogP contribution < -0.4 is 4.74 Å². The van der Waals surface area contributed by atoms with Gasteiger partial charge in [0.05, 0.1) is 5.56 Å². The fraction of sp³-hybridized carbons (Fsp3) is 0.500. The molecule has 3 nitrogen and oxygen atoms in total. The lowest BCUT2D eigenvalue weighted by Gasteiger charge is -2.40. The minimum atomic E-state index is -4.49. The number of hydrogen-bond donors (Lipinski definition) is 2. The highest BCUT2D eigenvalue weighted by molar-refractivity contribution is 5.42. The number of hydrogen-bond acceptors (Lipinski definition) is 3. The molecule has 0 spiro atoms. The lowest BCUT2D eigenvalue weighted by atomic mass is 9.88. The van der Waals surface area contributed by atoms with Gasteiger partial charge in [-0.25, -0.2) is 0 Å². The molecule has 1 aromatic carbocycles. The van der Waals surface area contributed by atoms with Gasteiger partial charge in [0.2, 0.25) is 0 Å². The van der Waals surface area contributed by atoms with E-state index in [1.807, 2.05) is 0 Å². The molecule has 1 aliphatic rings. The first-order valence-corrected chi connectivity index (χ1v) is 5.39. The Morgan fingerprint density at radius 2 is 1.83 bits per heavy atom. The minimum Gasteiger partial charge on any atom is -0.485 e. The fourth-order valence-electron chi connectivity index (χ4n) is 1.94. The van der Waals surface area contributed by atoms with Crippen LogP contribution in [0.4, 0.5) is 13.2 Å². The van der Waals surface area contributed by atoms with Crippen molar-refractivity contribution < 1.29 is 28.1 Å². The predicted molar refractivity (Wildman–Crippen MR) is 57.1 cm³/mol. The first-order chi connectivity index (χ1) is 8.13. The van der Waals surface area contributed by atoms with Crippen LogP contribution in [0, 0.1) is 0 Å². The number of ether oxygens (including phenoxy) is 1. The highest BCUT2D eigenvalue weighted by atomic mass is 19.4. The molecule has 0 fully saturated rings. The number of rotatable bonds is 0. The summed E-state index contributed by atoms with van der Waals surface area (Å²) in [5.74, 6) is 0.158. The van der Waals surface area contributed by atoms with E-state index in [0.29, 0.717) is 0 Å². The Labute approximate surface area is 102 Å². The Kier molecular flexibility index (Phi) is 2.82. The maximum atomic E-state index is 12.5. The van der Waals surface area contributed by atoms with Gasteiger partial charge < -0.3 is 14.9 Å². The molecular formula is C12H13F3O3. The van der Waals surface area contributed by atoms with Gasteiger partial charge in [-0.2, -0.15) is 13.2 Å². The summed E-state index contributed by atoms with van der Waals surface area (Å²) in [4.78, 5) is 0. The second-order valence-electron chi connectivity index (χ2n) is 4.85. The molecule has 18 heavy (non-hydrogen) atoms. The smallest absolute Gasteiger partial charge is 0.416 e. The number of aliphatic hydroxyl groups is 2. The van der Waals surface area contributed by atoms with E-state index in [9.17, 15) is 23.4 Å². The number of benzene rings is 1. The molecule has 0 amide bonds. The van der Waals surface area contributed by atoms with E-state index < -0.39 is 29.5 Å². The van der Waals surface area contributed by atoms with Crippen molar-refractivity contribution in [2.24, 2.45) is 0 Å². The van der Waals surface area contributed by atoms with Gasteiger partial charge >= 0.3 is 6.18 Å². The average molecular weight is 262 g/mol. The van der Waals surface area contributed by atoms with Gasteiger partial charge in [-0.15, -0.1) is 0 Å². The maximum Gasteiger partial charge on any atom is 0.416 e. The van der Waals surface area contributed by atoms with Crippen molar-refractivity contribution in [2.45, 2.75) is 37.8 Å². The standard InChI is InChI=1S/C12H13F3O3/c1-11(2)10(17)9(16)7-5-6(12(13,14)15)3-4-8(7)18-11/h3-5,9-10,16-17H,1-2H3/t9-,10+/m1/s1. The monoisotopic (exact) mass is 262 g/mol. The summed E-state index contributed by atoms with van der Waals surface area (Å²) < 4.78 is 43.0. The van der Waals surface area contributed by atoms with Crippen molar-refractivity contribution in [2.75, 3.05) is 0 Å². The van der Waals surface area contributed by atoms with Crippen LogP contribution in [0.2, 0.25) is 0 Å². The molecule has 0 saturated heterocycles. The molecule has 0 saturated carbocycles. The first kappa shape index (κ1) is 13.2. The number of halogens is 3. The molecule has 0 aliphatic carbocycles. The molecule has 0 aromatic heterocycles. The third kappa shape index (κ3) is 2.06. The van der Waals surface area contributed by atoms with Crippen molar-refractivity contribution in [3.8, 4) is 5.75 Å². The van der Waals surface area contributed by atoms with E-state index >= 15 is 0 Å². The normalized spacial score (nSPS) is 26.4. The third-order valence-corrected chi connectivity index (χ3v) is 3.04. The van der Waals surface area contributed by atoms with Crippen molar-refractivity contribution in [1.82, 2.24) is 0 Å². The summed E-state index contributed by atoms with van der Waals surface area (Å²) in [6, 6.07) is 2.85. The summed E-state index contributed by atoms with van der Waals surface area (Å²) in [7, 11) is 0. The summed E-state index contributed by atoms with van der Waals surface area (Å²) in [5.41, 5.74) is -1.97. The van der Waals surface area contributed by atoms with Crippen molar-refractivity contribution in [3.63, 3.8) is 0 Å². The minimum absolute atomic E-state index is 0.0448. The number of alkyl halides is 3. The summed E-state index contributed by atoms with van der Waals surface area (Å²) in [6.07, 6.45) is -7.17. The zero-order valence-corrected chi connectivity index (χ0v) is 9.82. The SMILES string of the molecule is CC1(C)Oc2ccc(C(F)(F)F)cc2[C@@H](O)[C@@H]1O. The van der Waals surface area contributed by atoms with Crippen molar-refractivity contribution in [3.05, 3.63) is 29.3 Å². The van der Waals surface area contributed by atoms with E-state index in [1.54, 1.807) is 13.8 Å². The Balaban J connectivity index is 2.49. The van der Waals surface area contributed by atoms with Crippen LogP contribution in [0.15, 0.2) is 18.2 Å². The number of fused-ring (bicyclic) bond motifs is 1. The highest BCUT2D eigenvalue weighted by Crippen LogP contribution is 2.42. The molecule has 2 N–H and O–H groups in total. The molecular weight excluding hydrogens is 249 g/mol. The van der Waals surface area contributed by atoms with Crippen LogP contribution in [-0.4, -0.2) is 21.9 Å². The van der Waals surface area contributed by atoms with Crippen LogP contribution in [0.3, 0.4) is 0 Å². The Morgan fingerprint density at radius 1 is 1.22 bits per heavy atom. The zero-order valence-electron chi connectivity index (χ0n) is 9.82. The molecule has 2 atom stereocenters. The second-order valence-corrected chi connectivity index (χ2v) is 4.85. The van der Waals surface area contributed by atoms with Gasteiger partial charge in [-0.05, 0) is 32.0 Å². The third-order valence-electron chi connectivity index (χ3n) is 3.04. The van der Waals surface area contributed by atoms with Gasteiger partial charge in [-0.1, -0.05) is 0 Å². The molecule has 100 valence electrons. The van der Waals surface area contributed by atoms with Gasteiger partial charge in [-0.3, -0.25) is 0 Å². The summed E-state index contributed by atoms with van der Waals surface area (Å²) in [5, 5.41) is 19.6. The van der Waals surface area contributed by atoms with Gasteiger partial charge in [0, 0.05) is 5.56 Å². The fourth-order valence-corrected chi connectivity index (χ4v) is 1.94. The van der Waals surface area contributed by atoms with E-state index in [2.05, 4.69) is 0 Å². The van der Waals surface area contributed by atoms with E-state index in [1.165, 1.54) is 0 Å². The van der Waals surface area contributed by atoms with Crippen LogP contribution in [0.1, 0.15) is 31.1 Å². The van der Waals surface area contributed by atoms with Crippen molar-refractivity contribution >= 4 is 0 Å². The lowest BCUT2D eigenvalue weighted by Crippen LogP contribution is -2.48. The van der Waals surface area contributed by atoms with E-state index in [0.717, 1.165) is 18.2 Å². The van der Waals surface area contributed by atoms with E-state index in [4.69, 9.17) is 4.74 Å². The summed E-state index contributed by atoms with van der Waals surface area (Å²) in [6.45, 7) is 3.11. The first-order valence-electron chi connectivity index (χ1n) is 5.39. The van der Waals surface area contributed by atoms with Gasteiger partial charge in [0.15, 0.2) is 0 Å². The maximum absolute atomic E-state index is 12.5. The molecule has 6 heteroatoms. The summed E-state index contributed by atoms with van der Waals surface area (Å²) >= 11 is 0. The van der Waals surface area contributed by atoms with Crippen LogP contribution in [0.25, 0.3) is 0 Å². The molecule has 1 heterocycles. The Bertz CT molecular complexity index is 468. The van der Waals surface area contributed by atoms with Gasteiger partial charge in [0.25, 0.3) is 0 Å². The Hall–Kier alpha value is -1.27. The largest absolute Gasteiger partial charge is 0.485 e. The topological polar surface area (TPSA) is 49.7 Å². The number of aliphatic hydroxyl groups excluding tert-OH is 2. The average Bonchev–Trinajstić information content (AvgIpc) is 2.24. The molecule has 0 bridgehead atoms.